The van der Waals surface area contributed by atoms with Gasteiger partial charge in [-0.05, 0) is 11.6 Å². The molecule has 0 fully saturated rings. The Morgan fingerprint density at radius 3 is 2.36 bits per heavy atom. The van der Waals surface area contributed by atoms with Crippen LogP contribution >= 0.6 is 0 Å². The summed E-state index contributed by atoms with van der Waals surface area (Å²) in [6.07, 6.45) is -0.313. The van der Waals surface area contributed by atoms with E-state index in [0.717, 1.165) is 6.04 Å². The van der Waals surface area contributed by atoms with Crippen LogP contribution in [0, 0.1) is 0 Å². The quantitative estimate of drug-likeness (QED) is 0.180. The van der Waals surface area contributed by atoms with Crippen LogP contribution in [0.25, 0.3) is 10.4 Å². The van der Waals surface area contributed by atoms with E-state index in [-0.39, 0.29) is 6.09 Å². The summed E-state index contributed by atoms with van der Waals surface area (Å²) in [6.45, 7) is 9.70. The molecule has 0 radical (unpaired) electrons. The Balaban J connectivity index is 3.50. The van der Waals surface area contributed by atoms with E-state index < -0.39 is 8.07 Å². The number of carbonyl (C=O) groups is 1. The van der Waals surface area contributed by atoms with Crippen LogP contribution in [-0.2, 0) is 14.2 Å². The van der Waals surface area contributed by atoms with Crippen LogP contribution in [0.4, 0.5) is 4.79 Å². The number of nitrogens with zero attached hydrogens (tertiary/aromatic N) is 4. The highest BCUT2D eigenvalue weighted by Crippen LogP contribution is 2.08. The summed E-state index contributed by atoms with van der Waals surface area (Å²) in [4.78, 5) is 15.8. The summed E-state index contributed by atoms with van der Waals surface area (Å²) in [6, 6.07) is 0.969. The summed E-state index contributed by atoms with van der Waals surface area (Å²) in [5.74, 6) is 0. The smallest absolute Gasteiger partial charge is 0.409 e. The Morgan fingerprint density at radius 2 is 1.77 bits per heavy atom. The third-order valence-electron chi connectivity index (χ3n) is 2.73. The van der Waals surface area contributed by atoms with Gasteiger partial charge in [-0.25, -0.2) is 4.79 Å². The maximum Gasteiger partial charge on any atom is 0.409 e. The number of amides is 1. The third kappa shape index (κ3) is 13.7. The minimum absolute atomic E-state index is 0.313. The molecule has 0 unspecified atom stereocenters. The second-order valence-corrected chi connectivity index (χ2v) is 11.6. The van der Waals surface area contributed by atoms with Gasteiger partial charge in [-0.3, -0.25) is 0 Å². The van der Waals surface area contributed by atoms with Gasteiger partial charge in [0.2, 0.25) is 0 Å². The Kier molecular flexibility index (Phi) is 11.6. The van der Waals surface area contributed by atoms with Crippen molar-refractivity contribution in [3.63, 3.8) is 0 Å². The molecular weight excluding hydrogens is 304 g/mol. The van der Waals surface area contributed by atoms with E-state index in [2.05, 4.69) is 29.7 Å². The summed E-state index contributed by atoms with van der Waals surface area (Å²) >= 11 is 0. The largest absolute Gasteiger partial charge is 0.450 e. The zero-order chi connectivity index (χ0) is 16.8. The maximum absolute atomic E-state index is 11.7. The van der Waals surface area contributed by atoms with Gasteiger partial charge in [0.1, 0.15) is 0 Å². The van der Waals surface area contributed by atoms with Crippen molar-refractivity contribution in [2.24, 2.45) is 5.11 Å². The van der Waals surface area contributed by atoms with Crippen molar-refractivity contribution in [1.82, 2.24) is 4.90 Å². The van der Waals surface area contributed by atoms with Gasteiger partial charge >= 0.3 is 6.09 Å². The molecule has 8 nitrogen and oxygen atoms in total. The first-order valence-electron chi connectivity index (χ1n) is 7.41. The summed E-state index contributed by atoms with van der Waals surface area (Å²) in [5, 5.41) is 3.35. The molecule has 22 heavy (non-hydrogen) atoms. The second kappa shape index (κ2) is 12.3. The molecule has 0 aliphatic rings. The monoisotopic (exact) mass is 332 g/mol. The zero-order valence-corrected chi connectivity index (χ0v) is 15.1. The predicted molar refractivity (Wildman–Crippen MR) is 87.8 cm³/mol. The molecule has 0 aromatic rings. The fourth-order valence-corrected chi connectivity index (χ4v) is 2.03. The van der Waals surface area contributed by atoms with Crippen LogP contribution in [0.2, 0.25) is 25.7 Å². The summed E-state index contributed by atoms with van der Waals surface area (Å²) in [7, 11) is 0.519. The Morgan fingerprint density at radius 1 is 1.14 bits per heavy atom. The fraction of sp³-hybridized carbons (Fsp3) is 0.923. The molecule has 0 N–H and O–H groups in total. The second-order valence-electron chi connectivity index (χ2n) is 6.03. The van der Waals surface area contributed by atoms with Gasteiger partial charge in [0, 0.05) is 33.1 Å². The lowest BCUT2D eigenvalue weighted by atomic mass is 10.6. The molecule has 0 aliphatic heterocycles. The SMILES string of the molecule is CN(CCOCCOCCN=[N+]=[N-])C(=O)OCC[Si](C)(C)C. The number of hydrogen-bond acceptors (Lipinski definition) is 5. The number of ether oxygens (including phenoxy) is 3. The van der Waals surface area contributed by atoms with Gasteiger partial charge in [0.05, 0.1) is 33.0 Å². The van der Waals surface area contributed by atoms with Crippen molar-refractivity contribution < 1.29 is 19.0 Å². The minimum atomic E-state index is -1.17. The van der Waals surface area contributed by atoms with Crippen molar-refractivity contribution in [1.29, 1.82) is 0 Å². The van der Waals surface area contributed by atoms with Crippen molar-refractivity contribution in [2.75, 3.05) is 53.2 Å². The summed E-state index contributed by atoms with van der Waals surface area (Å²) < 4.78 is 15.7. The number of azide groups is 1. The Labute approximate surface area is 133 Å². The zero-order valence-electron chi connectivity index (χ0n) is 14.1. The predicted octanol–water partition coefficient (Wildman–Crippen LogP) is 2.74. The normalized spacial score (nSPS) is 10.9. The molecule has 0 spiro atoms. The lowest BCUT2D eigenvalue weighted by molar-refractivity contribution is 0.0411. The van der Waals surface area contributed by atoms with Crippen molar-refractivity contribution in [2.45, 2.75) is 25.7 Å². The van der Waals surface area contributed by atoms with Crippen LogP contribution in [0.15, 0.2) is 5.11 Å². The molecule has 0 bridgehead atoms. The lowest BCUT2D eigenvalue weighted by Gasteiger charge is -2.19. The third-order valence-corrected chi connectivity index (χ3v) is 4.44. The van der Waals surface area contributed by atoms with E-state index in [4.69, 9.17) is 19.7 Å². The van der Waals surface area contributed by atoms with Gasteiger partial charge in [-0.1, -0.05) is 24.8 Å². The first-order valence-corrected chi connectivity index (χ1v) is 11.1. The highest BCUT2D eigenvalue weighted by atomic mass is 28.3. The molecule has 9 heteroatoms. The number of hydrogen-bond donors (Lipinski definition) is 0. The van der Waals surface area contributed by atoms with Crippen LogP contribution in [0.3, 0.4) is 0 Å². The van der Waals surface area contributed by atoms with Crippen LogP contribution < -0.4 is 0 Å². The van der Waals surface area contributed by atoms with E-state index in [9.17, 15) is 4.79 Å². The molecular formula is C13H28N4O4Si. The lowest BCUT2D eigenvalue weighted by Crippen LogP contribution is -2.32. The average molecular weight is 332 g/mol. The van der Waals surface area contributed by atoms with Crippen molar-refractivity contribution >= 4 is 14.2 Å². The fourth-order valence-electron chi connectivity index (χ4n) is 1.32. The molecule has 0 aromatic heterocycles. The molecule has 0 aliphatic carbocycles. The van der Waals surface area contributed by atoms with E-state index in [1.165, 1.54) is 4.90 Å². The molecule has 0 rings (SSSR count). The number of likely N-dealkylation sites (N-methyl/N-ethyl adjacent to an activating group) is 1. The van der Waals surface area contributed by atoms with Crippen molar-refractivity contribution in [3.8, 4) is 0 Å². The number of rotatable bonds is 12. The molecule has 0 saturated carbocycles. The summed E-state index contributed by atoms with van der Waals surface area (Å²) in [5.41, 5.74) is 8.07. The van der Waals surface area contributed by atoms with Crippen molar-refractivity contribution in [3.05, 3.63) is 10.4 Å². The number of carbonyl (C=O) groups excluding carboxylic acids is 1. The van der Waals surface area contributed by atoms with Gasteiger partial charge in [0.25, 0.3) is 0 Å². The van der Waals surface area contributed by atoms with E-state index >= 15 is 0 Å². The highest BCUT2D eigenvalue weighted by Gasteiger charge is 2.15. The first-order chi connectivity index (χ1) is 10.4. The highest BCUT2D eigenvalue weighted by molar-refractivity contribution is 6.76. The maximum atomic E-state index is 11.7. The molecule has 0 aromatic carbocycles. The van der Waals surface area contributed by atoms with Gasteiger partial charge in [-0.15, -0.1) is 0 Å². The van der Waals surface area contributed by atoms with Gasteiger partial charge in [0.15, 0.2) is 0 Å². The van der Waals surface area contributed by atoms with E-state index in [1.54, 1.807) is 7.05 Å². The van der Waals surface area contributed by atoms with Crippen LogP contribution in [-0.4, -0.2) is 72.2 Å². The van der Waals surface area contributed by atoms with E-state index in [1.807, 2.05) is 0 Å². The Hall–Kier alpha value is -1.28. The van der Waals surface area contributed by atoms with Crippen LogP contribution in [0.5, 0.6) is 0 Å². The molecule has 0 saturated heterocycles. The Bertz CT molecular complexity index is 356. The van der Waals surface area contributed by atoms with Gasteiger partial charge in [-0.2, -0.15) is 0 Å². The molecule has 1 amide bonds. The standard InChI is InChI=1S/C13H28N4O4Si/c1-17(13(18)21-11-12-22(2,3)4)6-8-20-10-9-19-7-5-15-16-14/h5-12H2,1-4H3. The molecule has 0 heterocycles. The molecule has 0 atom stereocenters. The van der Waals surface area contributed by atoms with Crippen LogP contribution in [0.1, 0.15) is 0 Å². The average Bonchev–Trinajstić information content (AvgIpc) is 2.43. The first kappa shape index (κ1) is 20.7. The van der Waals surface area contributed by atoms with Gasteiger partial charge < -0.3 is 19.1 Å². The topological polar surface area (TPSA) is 96.8 Å². The molecule has 128 valence electrons. The minimum Gasteiger partial charge on any atom is -0.450 e. The van der Waals surface area contributed by atoms with E-state index in [0.29, 0.717) is 46.1 Å².